The highest BCUT2D eigenvalue weighted by Crippen LogP contribution is 2.29. The highest BCUT2D eigenvalue weighted by atomic mass is 16.5. The maximum absolute atomic E-state index is 5.73. The van der Waals surface area contributed by atoms with Crippen LogP contribution in [-0.4, -0.2) is 13.2 Å². The molecule has 16 heavy (non-hydrogen) atoms. The zero-order valence-corrected chi connectivity index (χ0v) is 10.2. The fraction of sp³-hybridized carbons (Fsp3) is 0.692. The normalized spacial score (nSPS) is 15.6. The van der Waals surface area contributed by atoms with Crippen LogP contribution in [0.5, 0.6) is 0 Å². The van der Waals surface area contributed by atoms with Crippen molar-refractivity contribution in [3.05, 3.63) is 23.2 Å². The summed E-state index contributed by atoms with van der Waals surface area (Å²) in [5, 5.41) is 3.27. The second kappa shape index (κ2) is 5.51. The molecule has 90 valence electrons. The van der Waals surface area contributed by atoms with Gasteiger partial charge in [-0.15, -0.1) is 0 Å². The van der Waals surface area contributed by atoms with Crippen molar-refractivity contribution in [2.75, 3.05) is 13.2 Å². The monoisotopic (exact) mass is 223 g/mol. The lowest BCUT2D eigenvalue weighted by molar-refractivity contribution is 0.0963. The Labute approximate surface area is 97.2 Å². The molecule has 0 amide bonds. The molecule has 1 heterocycles. The van der Waals surface area contributed by atoms with Crippen LogP contribution in [0.2, 0.25) is 0 Å². The first kappa shape index (κ1) is 11.7. The molecule has 0 saturated heterocycles. The zero-order valence-electron chi connectivity index (χ0n) is 10.2. The van der Waals surface area contributed by atoms with E-state index in [1.807, 2.05) is 0 Å². The van der Waals surface area contributed by atoms with E-state index < -0.39 is 0 Å². The van der Waals surface area contributed by atoms with Crippen LogP contribution in [-0.2, 0) is 17.9 Å². The van der Waals surface area contributed by atoms with Gasteiger partial charge in [0.1, 0.15) is 18.1 Å². The van der Waals surface area contributed by atoms with E-state index in [-0.39, 0.29) is 0 Å². The summed E-state index contributed by atoms with van der Waals surface area (Å²) in [6.45, 7) is 7.46. The van der Waals surface area contributed by atoms with Crippen LogP contribution in [0, 0.1) is 12.8 Å². The van der Waals surface area contributed by atoms with Crippen LogP contribution in [0.15, 0.2) is 10.5 Å². The molecule has 0 bridgehead atoms. The molecule has 1 aliphatic carbocycles. The Morgan fingerprint density at radius 2 is 2.31 bits per heavy atom. The summed E-state index contributed by atoms with van der Waals surface area (Å²) in [4.78, 5) is 0. The van der Waals surface area contributed by atoms with Crippen molar-refractivity contribution in [1.29, 1.82) is 0 Å². The quantitative estimate of drug-likeness (QED) is 0.771. The fourth-order valence-corrected chi connectivity index (χ4v) is 1.69. The molecule has 0 radical (unpaired) electrons. The van der Waals surface area contributed by atoms with Crippen molar-refractivity contribution >= 4 is 0 Å². The van der Waals surface area contributed by atoms with Crippen molar-refractivity contribution in [1.82, 2.24) is 5.32 Å². The molecule has 1 aliphatic rings. The summed E-state index contributed by atoms with van der Waals surface area (Å²) >= 11 is 0. The lowest BCUT2D eigenvalue weighted by Crippen LogP contribution is -2.11. The zero-order chi connectivity index (χ0) is 11.4. The van der Waals surface area contributed by atoms with Gasteiger partial charge in [-0.25, -0.2) is 0 Å². The van der Waals surface area contributed by atoms with Gasteiger partial charge in [0.05, 0.1) is 6.54 Å². The first-order chi connectivity index (χ1) is 7.79. The molecule has 1 aromatic rings. The van der Waals surface area contributed by atoms with Crippen LogP contribution in [0.4, 0.5) is 0 Å². The Morgan fingerprint density at radius 1 is 1.50 bits per heavy atom. The maximum atomic E-state index is 5.73. The highest BCUT2D eigenvalue weighted by Gasteiger charge is 2.21. The van der Waals surface area contributed by atoms with Gasteiger partial charge >= 0.3 is 0 Å². The molecule has 0 spiro atoms. The Balaban J connectivity index is 1.78. The number of nitrogens with one attached hydrogen (secondary N) is 1. The summed E-state index contributed by atoms with van der Waals surface area (Å²) in [5.74, 6) is 2.80. The molecule has 0 aromatic carbocycles. The van der Waals surface area contributed by atoms with Gasteiger partial charge in [-0.3, -0.25) is 0 Å². The third-order valence-electron chi connectivity index (χ3n) is 2.90. The molecule has 1 aromatic heterocycles. The lowest BCUT2D eigenvalue weighted by atomic mass is 10.2. The van der Waals surface area contributed by atoms with Gasteiger partial charge in [0.15, 0.2) is 0 Å². The van der Waals surface area contributed by atoms with Crippen LogP contribution in [0.3, 0.4) is 0 Å². The van der Waals surface area contributed by atoms with Crippen molar-refractivity contribution in [2.24, 2.45) is 5.92 Å². The minimum atomic E-state index is 0.615. The maximum Gasteiger partial charge on any atom is 0.130 e. The van der Waals surface area contributed by atoms with Gasteiger partial charge < -0.3 is 14.5 Å². The Kier molecular flexibility index (Phi) is 4.02. The van der Waals surface area contributed by atoms with Gasteiger partial charge in [-0.2, -0.15) is 0 Å². The molecular formula is C13H21NO2. The Hall–Kier alpha value is -0.800. The number of hydrogen-bond acceptors (Lipinski definition) is 3. The standard InChI is InChI=1S/C13H21NO2/c1-3-14-7-13-10(2)6-12(16-13)9-15-8-11-4-5-11/h6,11,14H,3-5,7-9H2,1-2H3. The van der Waals surface area contributed by atoms with E-state index in [0.29, 0.717) is 6.61 Å². The SMILES string of the molecule is CCNCc1oc(COCC2CC2)cc1C. The van der Waals surface area contributed by atoms with E-state index in [1.165, 1.54) is 18.4 Å². The van der Waals surface area contributed by atoms with Crippen molar-refractivity contribution in [3.63, 3.8) is 0 Å². The van der Waals surface area contributed by atoms with E-state index in [0.717, 1.165) is 37.1 Å². The highest BCUT2D eigenvalue weighted by molar-refractivity contribution is 5.19. The van der Waals surface area contributed by atoms with Crippen LogP contribution in [0.1, 0.15) is 36.8 Å². The molecule has 1 saturated carbocycles. The second-order valence-corrected chi connectivity index (χ2v) is 4.56. The first-order valence-electron chi connectivity index (χ1n) is 6.16. The second-order valence-electron chi connectivity index (χ2n) is 4.56. The van der Waals surface area contributed by atoms with Gasteiger partial charge in [-0.05, 0) is 43.9 Å². The van der Waals surface area contributed by atoms with E-state index in [1.54, 1.807) is 0 Å². The van der Waals surface area contributed by atoms with Crippen molar-refractivity contribution in [3.8, 4) is 0 Å². The van der Waals surface area contributed by atoms with Crippen LogP contribution >= 0.6 is 0 Å². The van der Waals surface area contributed by atoms with Crippen LogP contribution < -0.4 is 5.32 Å². The van der Waals surface area contributed by atoms with E-state index >= 15 is 0 Å². The van der Waals surface area contributed by atoms with Gasteiger partial charge in [-0.1, -0.05) is 6.92 Å². The van der Waals surface area contributed by atoms with E-state index in [9.17, 15) is 0 Å². The molecule has 1 N–H and O–H groups in total. The number of ether oxygens (including phenoxy) is 1. The molecule has 0 unspecified atom stereocenters. The lowest BCUT2D eigenvalue weighted by Gasteiger charge is -2.00. The molecule has 3 heteroatoms. The molecule has 2 rings (SSSR count). The summed E-state index contributed by atoms with van der Waals surface area (Å²) in [6, 6.07) is 2.08. The largest absolute Gasteiger partial charge is 0.462 e. The number of hydrogen-bond donors (Lipinski definition) is 1. The smallest absolute Gasteiger partial charge is 0.130 e. The minimum Gasteiger partial charge on any atom is -0.462 e. The average Bonchev–Trinajstić information content (AvgIpc) is 3.01. The molecule has 0 atom stereocenters. The van der Waals surface area contributed by atoms with E-state index in [4.69, 9.17) is 9.15 Å². The molecule has 1 fully saturated rings. The minimum absolute atomic E-state index is 0.615. The summed E-state index contributed by atoms with van der Waals surface area (Å²) in [7, 11) is 0. The molecule has 3 nitrogen and oxygen atoms in total. The summed E-state index contributed by atoms with van der Waals surface area (Å²) < 4.78 is 11.3. The Morgan fingerprint density at radius 3 is 3.00 bits per heavy atom. The number of furan rings is 1. The van der Waals surface area contributed by atoms with Gasteiger partial charge in [0, 0.05) is 6.61 Å². The van der Waals surface area contributed by atoms with Crippen molar-refractivity contribution < 1.29 is 9.15 Å². The Bertz CT molecular complexity index is 329. The fourth-order valence-electron chi connectivity index (χ4n) is 1.69. The topological polar surface area (TPSA) is 34.4 Å². The summed E-state index contributed by atoms with van der Waals surface area (Å²) in [6.07, 6.45) is 2.67. The van der Waals surface area contributed by atoms with Gasteiger partial charge in [0.2, 0.25) is 0 Å². The third kappa shape index (κ3) is 3.35. The third-order valence-corrected chi connectivity index (χ3v) is 2.90. The van der Waals surface area contributed by atoms with E-state index in [2.05, 4.69) is 25.2 Å². The molecule has 0 aliphatic heterocycles. The average molecular weight is 223 g/mol. The predicted octanol–water partition coefficient (Wildman–Crippen LogP) is 2.62. The summed E-state index contributed by atoms with van der Waals surface area (Å²) in [5.41, 5.74) is 1.21. The number of aryl methyl sites for hydroxylation is 1. The molecular weight excluding hydrogens is 202 g/mol. The first-order valence-corrected chi connectivity index (χ1v) is 6.16. The van der Waals surface area contributed by atoms with Crippen LogP contribution in [0.25, 0.3) is 0 Å². The van der Waals surface area contributed by atoms with Crippen molar-refractivity contribution in [2.45, 2.75) is 39.8 Å². The van der Waals surface area contributed by atoms with Gasteiger partial charge in [0.25, 0.3) is 0 Å². The number of rotatable bonds is 7. The predicted molar refractivity (Wildman–Crippen MR) is 63.2 cm³/mol.